The van der Waals surface area contributed by atoms with E-state index >= 15 is 0 Å². The van der Waals surface area contributed by atoms with Crippen LogP contribution >= 0.6 is 0 Å². The van der Waals surface area contributed by atoms with E-state index in [4.69, 9.17) is 18.9 Å². The lowest BCUT2D eigenvalue weighted by Gasteiger charge is -2.18. The van der Waals surface area contributed by atoms with Crippen molar-refractivity contribution in [3.63, 3.8) is 0 Å². The minimum Gasteiger partial charge on any atom is -0.396 e. The summed E-state index contributed by atoms with van der Waals surface area (Å²) in [4.78, 5) is 0. The van der Waals surface area contributed by atoms with Gasteiger partial charge in [0, 0.05) is 5.92 Å². The molecule has 0 spiro atoms. The van der Waals surface area contributed by atoms with Crippen molar-refractivity contribution >= 4 is 0 Å². The molecule has 0 bridgehead atoms. The van der Waals surface area contributed by atoms with Crippen molar-refractivity contribution in [3.05, 3.63) is 0 Å². The van der Waals surface area contributed by atoms with Crippen molar-refractivity contribution in [3.8, 4) is 0 Å². The summed E-state index contributed by atoms with van der Waals surface area (Å²) in [5.74, 6) is -0.0411. The second kappa shape index (κ2) is 14.7. The SMILES string of the molecule is CCC(CC)OCOCC(CO)COCOC(CC)CC. The zero-order valence-electron chi connectivity index (χ0n) is 14.2. The minimum absolute atomic E-state index is 0.0377. The van der Waals surface area contributed by atoms with Crippen LogP contribution in [0.2, 0.25) is 0 Å². The third kappa shape index (κ3) is 11.1. The van der Waals surface area contributed by atoms with Crippen LogP contribution < -0.4 is 0 Å². The van der Waals surface area contributed by atoms with E-state index in [1.54, 1.807) is 0 Å². The van der Waals surface area contributed by atoms with Crippen molar-refractivity contribution < 1.29 is 24.1 Å². The van der Waals surface area contributed by atoms with Gasteiger partial charge in [-0.25, -0.2) is 0 Å². The molecule has 128 valence electrons. The Morgan fingerprint density at radius 2 is 1.10 bits per heavy atom. The average Bonchev–Trinajstić information content (AvgIpc) is 2.53. The van der Waals surface area contributed by atoms with Gasteiger partial charge >= 0.3 is 0 Å². The Hall–Kier alpha value is -0.200. The fraction of sp³-hybridized carbons (Fsp3) is 1.00. The van der Waals surface area contributed by atoms with Gasteiger partial charge in [0.25, 0.3) is 0 Å². The number of aliphatic hydroxyl groups is 1. The second-order valence-corrected chi connectivity index (χ2v) is 5.24. The highest BCUT2D eigenvalue weighted by Crippen LogP contribution is 2.05. The molecule has 0 aromatic carbocycles. The molecule has 5 nitrogen and oxygen atoms in total. The Bertz CT molecular complexity index is 185. The molecular weight excluding hydrogens is 272 g/mol. The summed E-state index contributed by atoms with van der Waals surface area (Å²) >= 11 is 0. The van der Waals surface area contributed by atoms with E-state index < -0.39 is 0 Å². The first kappa shape index (κ1) is 20.8. The summed E-state index contributed by atoms with van der Waals surface area (Å²) in [5, 5.41) is 9.29. The highest BCUT2D eigenvalue weighted by molar-refractivity contribution is 4.55. The molecule has 0 aliphatic heterocycles. The fourth-order valence-electron chi connectivity index (χ4n) is 1.92. The fourth-order valence-corrected chi connectivity index (χ4v) is 1.92. The number of hydrogen-bond donors (Lipinski definition) is 1. The second-order valence-electron chi connectivity index (χ2n) is 5.24. The minimum atomic E-state index is -0.0411. The van der Waals surface area contributed by atoms with Gasteiger partial charge in [-0.1, -0.05) is 27.7 Å². The normalized spacial score (nSPS) is 12.0. The number of hydrogen-bond acceptors (Lipinski definition) is 5. The van der Waals surface area contributed by atoms with E-state index in [2.05, 4.69) is 27.7 Å². The maximum absolute atomic E-state index is 9.29. The molecular formula is C16H34O5. The zero-order chi connectivity index (χ0) is 15.9. The summed E-state index contributed by atoms with van der Waals surface area (Å²) < 4.78 is 22.0. The third-order valence-electron chi connectivity index (χ3n) is 3.56. The first-order valence-electron chi connectivity index (χ1n) is 8.21. The molecule has 0 saturated carbocycles. The lowest BCUT2D eigenvalue weighted by atomic mass is 10.2. The smallest absolute Gasteiger partial charge is 0.147 e. The van der Waals surface area contributed by atoms with Crippen LogP contribution in [-0.2, 0) is 18.9 Å². The predicted octanol–water partition coefficient (Wildman–Crippen LogP) is 2.95. The van der Waals surface area contributed by atoms with Crippen molar-refractivity contribution in [1.29, 1.82) is 0 Å². The van der Waals surface area contributed by atoms with Gasteiger partial charge in [-0.3, -0.25) is 0 Å². The number of rotatable bonds is 15. The van der Waals surface area contributed by atoms with Crippen molar-refractivity contribution in [1.82, 2.24) is 0 Å². The molecule has 5 heteroatoms. The molecule has 0 amide bonds. The molecule has 0 saturated heterocycles. The average molecular weight is 306 g/mol. The van der Waals surface area contributed by atoms with Gasteiger partial charge < -0.3 is 24.1 Å². The van der Waals surface area contributed by atoms with E-state index in [0.717, 1.165) is 25.7 Å². The Kier molecular flexibility index (Phi) is 14.6. The van der Waals surface area contributed by atoms with Crippen LogP contribution in [0.25, 0.3) is 0 Å². The highest BCUT2D eigenvalue weighted by atomic mass is 16.7. The van der Waals surface area contributed by atoms with E-state index in [0.29, 0.717) is 13.2 Å². The molecule has 21 heavy (non-hydrogen) atoms. The Labute approximate surface area is 129 Å². The van der Waals surface area contributed by atoms with Gasteiger partial charge in [-0.15, -0.1) is 0 Å². The van der Waals surface area contributed by atoms with Crippen molar-refractivity contribution in [2.24, 2.45) is 5.92 Å². The van der Waals surface area contributed by atoms with E-state index in [-0.39, 0.29) is 38.3 Å². The standard InChI is InChI=1S/C16H34O5/c1-5-15(6-2)20-12-18-10-14(9-17)11-19-13-21-16(7-3)8-4/h14-17H,5-13H2,1-4H3. The maximum Gasteiger partial charge on any atom is 0.147 e. The predicted molar refractivity (Wildman–Crippen MR) is 83.1 cm³/mol. The van der Waals surface area contributed by atoms with Crippen LogP contribution in [0.4, 0.5) is 0 Å². The summed E-state index contributed by atoms with van der Waals surface area (Å²) in [6.07, 6.45) is 4.45. The quantitative estimate of drug-likeness (QED) is 0.372. The first-order valence-corrected chi connectivity index (χ1v) is 8.21. The van der Waals surface area contributed by atoms with Crippen LogP contribution in [0.3, 0.4) is 0 Å². The summed E-state index contributed by atoms with van der Waals surface area (Å²) in [6.45, 7) is 9.83. The Morgan fingerprint density at radius 1 is 0.714 bits per heavy atom. The third-order valence-corrected chi connectivity index (χ3v) is 3.56. The van der Waals surface area contributed by atoms with Crippen LogP contribution in [0.1, 0.15) is 53.4 Å². The molecule has 1 N–H and O–H groups in total. The van der Waals surface area contributed by atoms with Gasteiger partial charge in [0.05, 0.1) is 32.0 Å². The molecule has 0 aliphatic rings. The summed E-state index contributed by atoms with van der Waals surface area (Å²) in [5.41, 5.74) is 0. The number of aliphatic hydroxyl groups excluding tert-OH is 1. The lowest BCUT2D eigenvalue weighted by Crippen LogP contribution is -2.23. The molecule has 0 aromatic heterocycles. The van der Waals surface area contributed by atoms with Crippen molar-refractivity contribution in [2.75, 3.05) is 33.4 Å². The summed E-state index contributed by atoms with van der Waals surface area (Å²) in [6, 6.07) is 0. The van der Waals surface area contributed by atoms with E-state index in [1.165, 1.54) is 0 Å². The molecule has 0 heterocycles. The molecule has 0 unspecified atom stereocenters. The molecule has 0 atom stereocenters. The monoisotopic (exact) mass is 306 g/mol. The van der Waals surface area contributed by atoms with Crippen LogP contribution in [0, 0.1) is 5.92 Å². The Morgan fingerprint density at radius 3 is 1.38 bits per heavy atom. The zero-order valence-corrected chi connectivity index (χ0v) is 14.2. The molecule has 0 radical (unpaired) electrons. The largest absolute Gasteiger partial charge is 0.396 e. The molecule has 0 rings (SSSR count). The van der Waals surface area contributed by atoms with Gasteiger partial charge in [-0.05, 0) is 25.7 Å². The molecule has 0 aliphatic carbocycles. The van der Waals surface area contributed by atoms with Gasteiger partial charge in [0.15, 0.2) is 0 Å². The number of ether oxygens (including phenoxy) is 4. The van der Waals surface area contributed by atoms with Gasteiger partial charge in [0.2, 0.25) is 0 Å². The van der Waals surface area contributed by atoms with Gasteiger partial charge in [0.1, 0.15) is 13.6 Å². The van der Waals surface area contributed by atoms with Gasteiger partial charge in [-0.2, -0.15) is 0 Å². The highest BCUT2D eigenvalue weighted by Gasteiger charge is 2.10. The van der Waals surface area contributed by atoms with Crippen LogP contribution in [0.15, 0.2) is 0 Å². The lowest BCUT2D eigenvalue weighted by molar-refractivity contribution is -0.127. The summed E-state index contributed by atoms with van der Waals surface area (Å²) in [7, 11) is 0. The maximum atomic E-state index is 9.29. The van der Waals surface area contributed by atoms with Crippen LogP contribution in [-0.4, -0.2) is 50.7 Å². The Balaban J connectivity index is 3.62. The van der Waals surface area contributed by atoms with E-state index in [9.17, 15) is 5.11 Å². The topological polar surface area (TPSA) is 57.2 Å². The first-order chi connectivity index (χ1) is 10.2. The van der Waals surface area contributed by atoms with Crippen LogP contribution in [0.5, 0.6) is 0 Å². The molecule has 0 aromatic rings. The van der Waals surface area contributed by atoms with E-state index in [1.807, 2.05) is 0 Å². The molecule has 0 fully saturated rings. The van der Waals surface area contributed by atoms with Crippen molar-refractivity contribution in [2.45, 2.75) is 65.6 Å².